The fraction of sp³-hybridized carbons (Fsp3) is 0.121. The Hall–Kier alpha value is -7.22. The monoisotopic (exact) mass is 937 g/mol. The van der Waals surface area contributed by atoms with Gasteiger partial charge in [0, 0.05) is 0 Å². The second-order valence-corrected chi connectivity index (χ2v) is 23.0. The fourth-order valence-electron chi connectivity index (χ4n) is 11.3. The van der Waals surface area contributed by atoms with E-state index in [-0.39, 0.29) is 25.3 Å². The first-order valence-corrected chi connectivity index (χ1v) is 25.7. The standard InChI is InChI=1S/C66H51NSe/c1-65(2,3)42-32-34-57-54(38-42)55-39-43(66(4,5)6)33-35-58(55)67(57)63-50-27-16-14-25-48(50)62(49-26-15-17-28-51(49)63)53-30-18-29-52-56-37-41(31-36-59(56)68-64(52)53)61-46-23-12-10-21-44(46)60(40-19-8-7-9-20-40)45-22-11-13-24-47(45)61/h7-39H,1-6H3. The van der Waals surface area contributed by atoms with Gasteiger partial charge in [-0.25, -0.2) is 0 Å². The van der Waals surface area contributed by atoms with E-state index in [0.717, 1.165) is 0 Å². The molecule has 0 atom stereocenters. The van der Waals surface area contributed by atoms with Crippen LogP contribution in [0.25, 0.3) is 123 Å². The second-order valence-electron chi connectivity index (χ2n) is 20.8. The number of benzene rings is 11. The first-order chi connectivity index (χ1) is 33.0. The topological polar surface area (TPSA) is 4.93 Å². The van der Waals surface area contributed by atoms with Gasteiger partial charge in [0.25, 0.3) is 0 Å². The summed E-state index contributed by atoms with van der Waals surface area (Å²) in [5.41, 5.74) is 14.3. The van der Waals surface area contributed by atoms with Crippen molar-refractivity contribution in [2.75, 3.05) is 0 Å². The predicted octanol–water partition coefficient (Wildman–Crippen LogP) is 18.4. The molecule has 0 N–H and O–H groups in total. The third-order valence-corrected chi connectivity index (χ3v) is 17.2. The Labute approximate surface area is 403 Å². The quantitative estimate of drug-likeness (QED) is 0.122. The summed E-state index contributed by atoms with van der Waals surface area (Å²) in [6.45, 7) is 13.9. The van der Waals surface area contributed by atoms with E-state index in [4.69, 9.17) is 0 Å². The first kappa shape index (κ1) is 41.0. The van der Waals surface area contributed by atoms with E-state index in [9.17, 15) is 0 Å². The average Bonchev–Trinajstić information content (AvgIpc) is 3.89. The predicted molar refractivity (Wildman–Crippen MR) is 296 cm³/mol. The van der Waals surface area contributed by atoms with Gasteiger partial charge in [0.1, 0.15) is 0 Å². The van der Waals surface area contributed by atoms with Crippen LogP contribution in [0.1, 0.15) is 52.7 Å². The van der Waals surface area contributed by atoms with Crippen LogP contribution in [0.15, 0.2) is 200 Å². The summed E-state index contributed by atoms with van der Waals surface area (Å²) in [7, 11) is 0. The molecule has 11 aromatic carbocycles. The minimum absolute atomic E-state index is 0.0286. The molecule has 0 aliphatic heterocycles. The van der Waals surface area contributed by atoms with Gasteiger partial charge in [0.05, 0.1) is 0 Å². The zero-order chi connectivity index (χ0) is 46.1. The van der Waals surface area contributed by atoms with Crippen molar-refractivity contribution in [2.45, 2.75) is 52.4 Å². The van der Waals surface area contributed by atoms with E-state index in [1.807, 2.05) is 0 Å². The summed E-state index contributed by atoms with van der Waals surface area (Å²) in [5, 5.41) is 15.6. The molecule has 0 saturated carbocycles. The van der Waals surface area contributed by atoms with Crippen LogP contribution in [0.2, 0.25) is 0 Å². The van der Waals surface area contributed by atoms with Gasteiger partial charge in [-0.2, -0.15) is 0 Å². The Morgan fingerprint density at radius 2 is 0.765 bits per heavy atom. The van der Waals surface area contributed by atoms with Crippen molar-refractivity contribution < 1.29 is 0 Å². The molecule has 2 aromatic heterocycles. The van der Waals surface area contributed by atoms with Crippen molar-refractivity contribution >= 4 is 98.7 Å². The summed E-state index contributed by atoms with van der Waals surface area (Å²) >= 11 is 0.115. The normalized spacial score (nSPS) is 12.6. The van der Waals surface area contributed by atoms with Crippen molar-refractivity contribution in [3.8, 4) is 39.1 Å². The van der Waals surface area contributed by atoms with Crippen LogP contribution < -0.4 is 0 Å². The van der Waals surface area contributed by atoms with E-state index >= 15 is 0 Å². The van der Waals surface area contributed by atoms with Gasteiger partial charge in [-0.15, -0.1) is 0 Å². The molecular weight excluding hydrogens is 886 g/mol. The molecule has 0 radical (unpaired) electrons. The van der Waals surface area contributed by atoms with Gasteiger partial charge in [0.2, 0.25) is 0 Å². The maximum absolute atomic E-state index is 2.58. The zero-order valence-corrected chi connectivity index (χ0v) is 41.1. The van der Waals surface area contributed by atoms with E-state index in [1.54, 1.807) is 0 Å². The molecule has 13 rings (SSSR count). The Morgan fingerprint density at radius 3 is 1.26 bits per heavy atom. The van der Waals surface area contributed by atoms with Crippen LogP contribution in [0.3, 0.4) is 0 Å². The van der Waals surface area contributed by atoms with Crippen molar-refractivity contribution in [3.05, 3.63) is 211 Å². The summed E-state index contributed by atoms with van der Waals surface area (Å²) in [4.78, 5) is 0. The zero-order valence-electron chi connectivity index (χ0n) is 39.4. The van der Waals surface area contributed by atoms with Gasteiger partial charge < -0.3 is 0 Å². The van der Waals surface area contributed by atoms with Gasteiger partial charge in [-0.3, -0.25) is 0 Å². The number of rotatable bonds is 4. The number of nitrogens with zero attached hydrogens (tertiary/aromatic N) is 1. The molecule has 0 amide bonds. The molecule has 2 heterocycles. The molecule has 13 aromatic rings. The van der Waals surface area contributed by atoms with Crippen molar-refractivity contribution in [2.24, 2.45) is 0 Å². The fourth-order valence-corrected chi connectivity index (χ4v) is 13.9. The van der Waals surface area contributed by atoms with Gasteiger partial charge in [-0.1, -0.05) is 41.5 Å². The third-order valence-electron chi connectivity index (χ3n) is 14.7. The van der Waals surface area contributed by atoms with Crippen LogP contribution in [0, 0.1) is 0 Å². The Balaban J connectivity index is 1.06. The van der Waals surface area contributed by atoms with E-state index < -0.39 is 0 Å². The van der Waals surface area contributed by atoms with E-state index in [2.05, 4.69) is 246 Å². The summed E-state index contributed by atoms with van der Waals surface area (Å²) in [5.74, 6) is 0. The van der Waals surface area contributed by atoms with E-state index in [0.29, 0.717) is 0 Å². The molecule has 0 aliphatic carbocycles. The SMILES string of the molecule is CC(C)(C)c1ccc2c(c1)c1cc(C(C)(C)C)ccc1n2-c1c2ccccc2c(-c2cccc3c2[se]c2ccc(-c4c5ccccc5c(-c5ccccc5)c5ccccc45)cc23)c2ccccc12. The summed E-state index contributed by atoms with van der Waals surface area (Å²) < 4.78 is 5.48. The third kappa shape index (κ3) is 6.21. The summed E-state index contributed by atoms with van der Waals surface area (Å²) in [6.07, 6.45) is 0. The average molecular weight is 937 g/mol. The molecule has 0 bridgehead atoms. The molecular formula is C66H51NSe. The first-order valence-electron chi connectivity index (χ1n) is 24.0. The molecule has 0 fully saturated rings. The van der Waals surface area contributed by atoms with Gasteiger partial charge >= 0.3 is 364 Å². The molecule has 68 heavy (non-hydrogen) atoms. The molecule has 0 spiro atoms. The number of hydrogen-bond acceptors (Lipinski definition) is 0. The van der Waals surface area contributed by atoms with E-state index in [1.165, 1.54) is 134 Å². The maximum atomic E-state index is 2.58. The van der Waals surface area contributed by atoms with Gasteiger partial charge in [0.15, 0.2) is 0 Å². The minimum atomic E-state index is 0.0286. The molecule has 0 unspecified atom stereocenters. The Kier molecular flexibility index (Phi) is 9.13. The van der Waals surface area contributed by atoms with Crippen LogP contribution in [-0.2, 0) is 10.8 Å². The van der Waals surface area contributed by atoms with Crippen LogP contribution in [0.5, 0.6) is 0 Å². The van der Waals surface area contributed by atoms with Crippen LogP contribution in [-0.4, -0.2) is 19.1 Å². The Bertz CT molecular complexity index is 4020. The Morgan fingerprint density at radius 1 is 0.324 bits per heavy atom. The van der Waals surface area contributed by atoms with Crippen molar-refractivity contribution in [1.82, 2.24) is 4.57 Å². The number of aromatic nitrogens is 1. The number of hydrogen-bond donors (Lipinski definition) is 0. The molecule has 326 valence electrons. The molecule has 2 heteroatoms. The number of fused-ring (bicyclic) bond motifs is 10. The molecule has 0 saturated heterocycles. The van der Waals surface area contributed by atoms with Crippen molar-refractivity contribution in [3.63, 3.8) is 0 Å². The van der Waals surface area contributed by atoms with Crippen molar-refractivity contribution in [1.29, 1.82) is 0 Å². The second kappa shape index (κ2) is 15.1. The molecule has 1 nitrogen and oxygen atoms in total. The summed E-state index contributed by atoms with van der Waals surface area (Å²) in [6, 6.07) is 76.0. The van der Waals surface area contributed by atoms with Crippen LogP contribution in [0.4, 0.5) is 0 Å². The van der Waals surface area contributed by atoms with Crippen LogP contribution >= 0.6 is 0 Å². The van der Waals surface area contributed by atoms with Gasteiger partial charge in [-0.05, 0) is 0 Å². The molecule has 0 aliphatic rings.